The molecule has 9 nitrogen and oxygen atoms in total. The van der Waals surface area contributed by atoms with Crippen LogP contribution in [0.3, 0.4) is 0 Å². The van der Waals surface area contributed by atoms with Crippen LogP contribution < -0.4 is 5.32 Å². The number of ether oxygens (including phenoxy) is 2. The van der Waals surface area contributed by atoms with Crippen LogP contribution >= 0.6 is 11.8 Å². The minimum absolute atomic E-state index is 0.0126. The average molecular weight is 523 g/mol. The van der Waals surface area contributed by atoms with E-state index in [-0.39, 0.29) is 28.0 Å². The number of amides is 1. The highest BCUT2D eigenvalue weighted by Crippen LogP contribution is 2.28. The first-order chi connectivity index (χ1) is 17.6. The van der Waals surface area contributed by atoms with Crippen molar-refractivity contribution in [2.75, 3.05) is 25.3 Å². The molecular weight excluding hydrogens is 492 g/mol. The molecule has 0 radical (unpaired) electrons. The molecule has 0 atom stereocenters. The van der Waals surface area contributed by atoms with Gasteiger partial charge in [0.1, 0.15) is 0 Å². The monoisotopic (exact) mass is 522 g/mol. The summed E-state index contributed by atoms with van der Waals surface area (Å²) in [5.41, 5.74) is 2.59. The number of nitrogens with one attached hydrogen (secondary N) is 1. The predicted octanol–water partition coefficient (Wildman–Crippen LogP) is 4.73. The van der Waals surface area contributed by atoms with E-state index in [0.717, 1.165) is 5.56 Å². The summed E-state index contributed by atoms with van der Waals surface area (Å²) in [5, 5.41) is 11.9. The molecular formula is C27H30N4O5S. The van der Waals surface area contributed by atoms with Crippen LogP contribution in [-0.2, 0) is 26.2 Å². The lowest BCUT2D eigenvalue weighted by Gasteiger charge is -2.19. The molecule has 1 heterocycles. The van der Waals surface area contributed by atoms with E-state index in [0.29, 0.717) is 17.5 Å². The van der Waals surface area contributed by atoms with E-state index < -0.39 is 17.8 Å². The first-order valence-electron chi connectivity index (χ1n) is 11.5. The normalized spacial score (nSPS) is 11.1. The molecule has 0 saturated heterocycles. The van der Waals surface area contributed by atoms with E-state index in [4.69, 9.17) is 9.47 Å². The van der Waals surface area contributed by atoms with Crippen molar-refractivity contribution in [3.8, 4) is 11.4 Å². The van der Waals surface area contributed by atoms with Crippen molar-refractivity contribution in [3.63, 3.8) is 0 Å². The van der Waals surface area contributed by atoms with Crippen LogP contribution in [0.4, 0.5) is 5.69 Å². The number of benzene rings is 2. The highest BCUT2D eigenvalue weighted by atomic mass is 32.2. The van der Waals surface area contributed by atoms with Gasteiger partial charge in [-0.3, -0.25) is 9.36 Å². The number of carbonyl (C=O) groups excluding carboxylic acids is 3. The molecule has 0 unspecified atom stereocenters. The van der Waals surface area contributed by atoms with Gasteiger partial charge in [0.15, 0.2) is 11.0 Å². The number of methoxy groups -OCH3 is 2. The quantitative estimate of drug-likeness (QED) is 0.244. The second kappa shape index (κ2) is 11.9. The molecule has 1 N–H and O–H groups in total. The van der Waals surface area contributed by atoms with Crippen molar-refractivity contribution in [3.05, 3.63) is 71.8 Å². The van der Waals surface area contributed by atoms with Gasteiger partial charge in [0.25, 0.3) is 0 Å². The number of esters is 2. The average Bonchev–Trinajstić information content (AvgIpc) is 3.28. The first kappa shape index (κ1) is 27.7. The van der Waals surface area contributed by atoms with E-state index in [1.54, 1.807) is 6.08 Å². The van der Waals surface area contributed by atoms with Gasteiger partial charge < -0.3 is 14.8 Å². The maximum Gasteiger partial charge on any atom is 0.339 e. The van der Waals surface area contributed by atoms with Gasteiger partial charge >= 0.3 is 11.9 Å². The lowest BCUT2D eigenvalue weighted by atomic mass is 9.87. The van der Waals surface area contributed by atoms with Gasteiger partial charge in [-0.1, -0.05) is 62.9 Å². The summed E-state index contributed by atoms with van der Waals surface area (Å²) >= 11 is 1.19. The lowest BCUT2D eigenvalue weighted by Crippen LogP contribution is -2.18. The standard InChI is InChI=1S/C27H30N4O5S/c1-7-14-31-23(17-8-11-19(12-9-17)27(2,3)4)29-30-26(31)37-16-22(32)28-21-15-18(24(33)35-5)10-13-20(21)25(34)36-6/h7-13,15H,1,14,16H2,2-6H3,(H,28,32). The molecule has 0 spiro atoms. The molecule has 194 valence electrons. The number of allylic oxidation sites excluding steroid dienone is 1. The maximum atomic E-state index is 12.8. The van der Waals surface area contributed by atoms with Crippen LogP contribution in [0.1, 0.15) is 47.1 Å². The summed E-state index contributed by atoms with van der Waals surface area (Å²) in [6.45, 7) is 10.7. The van der Waals surface area contributed by atoms with E-state index in [1.807, 2.05) is 16.7 Å². The molecule has 1 aromatic heterocycles. The Morgan fingerprint density at radius 3 is 2.30 bits per heavy atom. The number of hydrogen-bond acceptors (Lipinski definition) is 8. The minimum atomic E-state index is -0.646. The molecule has 37 heavy (non-hydrogen) atoms. The van der Waals surface area contributed by atoms with Crippen molar-refractivity contribution in [2.45, 2.75) is 37.9 Å². The molecule has 3 rings (SSSR count). The van der Waals surface area contributed by atoms with E-state index in [1.165, 1.54) is 49.7 Å². The molecule has 0 aliphatic heterocycles. The zero-order valence-corrected chi connectivity index (χ0v) is 22.3. The first-order valence-corrected chi connectivity index (χ1v) is 12.5. The molecule has 0 saturated carbocycles. The van der Waals surface area contributed by atoms with Gasteiger partial charge in [0, 0.05) is 12.1 Å². The Morgan fingerprint density at radius 1 is 1.03 bits per heavy atom. The van der Waals surface area contributed by atoms with Gasteiger partial charge in [0.2, 0.25) is 5.91 Å². The van der Waals surface area contributed by atoms with Crippen LogP contribution in [0.2, 0.25) is 0 Å². The van der Waals surface area contributed by atoms with Gasteiger partial charge in [0.05, 0.1) is 36.8 Å². The largest absolute Gasteiger partial charge is 0.465 e. The molecule has 2 aromatic carbocycles. The Bertz CT molecular complexity index is 1310. The van der Waals surface area contributed by atoms with E-state index in [9.17, 15) is 14.4 Å². The molecule has 0 fully saturated rings. The lowest BCUT2D eigenvalue weighted by molar-refractivity contribution is -0.113. The van der Waals surface area contributed by atoms with Gasteiger partial charge in [-0.25, -0.2) is 9.59 Å². The second-order valence-corrected chi connectivity index (χ2v) is 10.1. The Balaban J connectivity index is 1.79. The fourth-order valence-electron chi connectivity index (χ4n) is 3.52. The Labute approximate surface area is 220 Å². The maximum absolute atomic E-state index is 12.8. The third-order valence-electron chi connectivity index (χ3n) is 5.49. The number of hydrogen-bond donors (Lipinski definition) is 1. The minimum Gasteiger partial charge on any atom is -0.465 e. The predicted molar refractivity (Wildman–Crippen MR) is 143 cm³/mol. The van der Waals surface area contributed by atoms with E-state index in [2.05, 4.69) is 55.0 Å². The van der Waals surface area contributed by atoms with Crippen LogP contribution in [0.5, 0.6) is 0 Å². The number of anilines is 1. The SMILES string of the molecule is C=CCn1c(SCC(=O)Nc2cc(C(=O)OC)ccc2C(=O)OC)nnc1-c1ccc(C(C)(C)C)cc1. The summed E-state index contributed by atoms with van der Waals surface area (Å²) in [6.07, 6.45) is 1.74. The van der Waals surface area contributed by atoms with E-state index >= 15 is 0 Å². The molecule has 0 aliphatic rings. The Morgan fingerprint density at radius 2 is 1.70 bits per heavy atom. The topological polar surface area (TPSA) is 112 Å². The number of nitrogens with zero attached hydrogens (tertiary/aromatic N) is 3. The van der Waals surface area contributed by atoms with Crippen LogP contribution in [-0.4, -0.2) is 52.6 Å². The van der Waals surface area contributed by atoms with Crippen LogP contribution in [0.25, 0.3) is 11.4 Å². The van der Waals surface area contributed by atoms with Gasteiger partial charge in [-0.05, 0) is 29.2 Å². The smallest absolute Gasteiger partial charge is 0.339 e. The number of carbonyl (C=O) groups is 3. The zero-order chi connectivity index (χ0) is 27.2. The summed E-state index contributed by atoms with van der Waals surface area (Å²) in [4.78, 5) is 36.9. The molecule has 3 aromatic rings. The van der Waals surface area contributed by atoms with Crippen LogP contribution in [0.15, 0.2) is 60.3 Å². The van der Waals surface area contributed by atoms with Crippen molar-refractivity contribution in [1.29, 1.82) is 0 Å². The molecule has 10 heteroatoms. The third-order valence-corrected chi connectivity index (χ3v) is 6.46. The zero-order valence-electron chi connectivity index (χ0n) is 21.5. The van der Waals surface area contributed by atoms with Crippen molar-refractivity contribution < 1.29 is 23.9 Å². The Kier molecular flexibility index (Phi) is 8.88. The fraction of sp³-hybridized carbons (Fsp3) is 0.296. The third kappa shape index (κ3) is 6.65. The second-order valence-electron chi connectivity index (χ2n) is 9.11. The summed E-state index contributed by atoms with van der Waals surface area (Å²) in [6, 6.07) is 12.4. The highest BCUT2D eigenvalue weighted by Gasteiger charge is 2.20. The van der Waals surface area contributed by atoms with Gasteiger partial charge in [-0.15, -0.1) is 16.8 Å². The van der Waals surface area contributed by atoms with Crippen molar-refractivity contribution >= 4 is 35.3 Å². The van der Waals surface area contributed by atoms with Crippen molar-refractivity contribution in [2.24, 2.45) is 0 Å². The number of rotatable bonds is 9. The number of thioether (sulfide) groups is 1. The molecule has 0 aliphatic carbocycles. The highest BCUT2D eigenvalue weighted by molar-refractivity contribution is 7.99. The summed E-state index contributed by atoms with van der Waals surface area (Å²) in [7, 11) is 2.48. The Hall–Kier alpha value is -3.92. The van der Waals surface area contributed by atoms with Gasteiger partial charge in [-0.2, -0.15) is 0 Å². The molecule has 0 bridgehead atoms. The summed E-state index contributed by atoms with van der Waals surface area (Å²) < 4.78 is 11.4. The summed E-state index contributed by atoms with van der Waals surface area (Å²) in [5.74, 6) is -0.987. The number of aromatic nitrogens is 3. The van der Waals surface area contributed by atoms with Crippen molar-refractivity contribution in [1.82, 2.24) is 14.8 Å². The van der Waals surface area contributed by atoms with Crippen LogP contribution in [0, 0.1) is 0 Å². The fourth-order valence-corrected chi connectivity index (χ4v) is 4.27. The molecule has 1 amide bonds.